The molecular formula is C9H14BrNS. The first-order valence-electron chi connectivity index (χ1n) is 4.25. The summed E-state index contributed by atoms with van der Waals surface area (Å²) in [4.78, 5) is 1.45. The van der Waals surface area contributed by atoms with E-state index in [1.165, 1.54) is 33.5 Å². The molecule has 0 bridgehead atoms. The van der Waals surface area contributed by atoms with Crippen LogP contribution in [0.25, 0.3) is 0 Å². The topological polar surface area (TPSA) is 26.0 Å². The maximum Gasteiger partial charge on any atom is 0.0746 e. The standard InChI is InChI=1S/C9H14BrNS/c1-2-3-4-8-5-7(6-11)9(10)12-8/h5H,2-4,6,11H2,1H3. The molecule has 0 aliphatic rings. The highest BCUT2D eigenvalue weighted by Crippen LogP contribution is 2.28. The van der Waals surface area contributed by atoms with Crippen molar-refractivity contribution in [3.63, 3.8) is 0 Å². The molecule has 0 radical (unpaired) electrons. The first kappa shape index (κ1) is 10.2. The summed E-state index contributed by atoms with van der Waals surface area (Å²) >= 11 is 5.32. The minimum Gasteiger partial charge on any atom is -0.326 e. The molecule has 1 nitrogen and oxygen atoms in total. The van der Waals surface area contributed by atoms with E-state index < -0.39 is 0 Å². The van der Waals surface area contributed by atoms with Gasteiger partial charge in [-0.25, -0.2) is 0 Å². The van der Waals surface area contributed by atoms with E-state index in [1.807, 2.05) is 11.3 Å². The van der Waals surface area contributed by atoms with E-state index in [0.717, 1.165) is 0 Å². The van der Waals surface area contributed by atoms with Crippen LogP contribution in [-0.4, -0.2) is 0 Å². The molecule has 1 heterocycles. The van der Waals surface area contributed by atoms with Crippen molar-refractivity contribution in [1.29, 1.82) is 0 Å². The molecule has 0 saturated heterocycles. The second-order valence-corrected chi connectivity index (χ2v) is 5.27. The molecule has 0 atom stereocenters. The van der Waals surface area contributed by atoms with Gasteiger partial charge in [-0.1, -0.05) is 13.3 Å². The molecule has 0 aliphatic carbocycles. The quantitative estimate of drug-likeness (QED) is 0.869. The minimum absolute atomic E-state index is 0.642. The van der Waals surface area contributed by atoms with Crippen molar-refractivity contribution in [3.8, 4) is 0 Å². The van der Waals surface area contributed by atoms with E-state index in [1.54, 1.807) is 0 Å². The molecule has 2 N–H and O–H groups in total. The maximum atomic E-state index is 5.57. The number of halogens is 1. The molecule has 1 aromatic heterocycles. The SMILES string of the molecule is CCCCc1cc(CN)c(Br)s1. The molecule has 12 heavy (non-hydrogen) atoms. The van der Waals surface area contributed by atoms with Crippen molar-refractivity contribution < 1.29 is 0 Å². The van der Waals surface area contributed by atoms with Crippen LogP contribution in [0.3, 0.4) is 0 Å². The molecule has 68 valence electrons. The fourth-order valence-corrected chi connectivity index (χ4v) is 2.93. The number of rotatable bonds is 4. The zero-order valence-corrected chi connectivity index (χ0v) is 9.67. The van der Waals surface area contributed by atoms with Crippen LogP contribution in [0.2, 0.25) is 0 Å². The summed E-state index contributed by atoms with van der Waals surface area (Å²) in [7, 11) is 0. The second kappa shape index (κ2) is 5.00. The van der Waals surface area contributed by atoms with E-state index in [2.05, 4.69) is 28.9 Å². The van der Waals surface area contributed by atoms with E-state index in [9.17, 15) is 0 Å². The Balaban J connectivity index is 2.62. The Morgan fingerprint density at radius 3 is 2.83 bits per heavy atom. The second-order valence-electron chi connectivity index (χ2n) is 2.82. The predicted octanol–water partition coefficient (Wildman–Crippen LogP) is 3.31. The zero-order valence-electron chi connectivity index (χ0n) is 7.27. The number of hydrogen-bond donors (Lipinski definition) is 1. The third-order valence-electron chi connectivity index (χ3n) is 1.81. The Hall–Kier alpha value is 0.140. The van der Waals surface area contributed by atoms with Gasteiger partial charge < -0.3 is 5.73 Å². The van der Waals surface area contributed by atoms with E-state index >= 15 is 0 Å². The van der Waals surface area contributed by atoms with Crippen LogP contribution in [0, 0.1) is 0 Å². The van der Waals surface area contributed by atoms with Crippen molar-refractivity contribution in [3.05, 3.63) is 20.3 Å². The fourth-order valence-electron chi connectivity index (χ4n) is 1.07. The van der Waals surface area contributed by atoms with Crippen molar-refractivity contribution in [2.45, 2.75) is 32.7 Å². The summed E-state index contributed by atoms with van der Waals surface area (Å²) in [5.41, 5.74) is 6.81. The predicted molar refractivity (Wildman–Crippen MR) is 58.5 cm³/mol. The Labute approximate surface area is 86.1 Å². The summed E-state index contributed by atoms with van der Waals surface area (Å²) in [5, 5.41) is 0. The van der Waals surface area contributed by atoms with Gasteiger partial charge in [-0.05, 0) is 40.4 Å². The molecule has 1 rings (SSSR count). The number of thiophene rings is 1. The molecule has 0 aromatic carbocycles. The Bertz CT molecular complexity index is 245. The van der Waals surface area contributed by atoms with Crippen molar-refractivity contribution in [2.24, 2.45) is 5.73 Å². The van der Waals surface area contributed by atoms with Gasteiger partial charge in [0.1, 0.15) is 0 Å². The Morgan fingerprint density at radius 1 is 1.58 bits per heavy atom. The van der Waals surface area contributed by atoms with Gasteiger partial charge in [0.15, 0.2) is 0 Å². The smallest absolute Gasteiger partial charge is 0.0746 e. The number of aryl methyl sites for hydroxylation is 1. The van der Waals surface area contributed by atoms with E-state index in [0.29, 0.717) is 6.54 Å². The Morgan fingerprint density at radius 2 is 2.33 bits per heavy atom. The lowest BCUT2D eigenvalue weighted by molar-refractivity contribution is 0.803. The maximum absolute atomic E-state index is 5.57. The molecule has 0 amide bonds. The largest absolute Gasteiger partial charge is 0.326 e. The van der Waals surface area contributed by atoms with Gasteiger partial charge in [0.2, 0.25) is 0 Å². The normalized spacial score (nSPS) is 10.6. The van der Waals surface area contributed by atoms with Gasteiger partial charge in [0, 0.05) is 11.4 Å². The molecule has 0 unspecified atom stereocenters. The summed E-state index contributed by atoms with van der Waals surface area (Å²) in [5.74, 6) is 0. The average molecular weight is 248 g/mol. The first-order chi connectivity index (χ1) is 5.77. The van der Waals surface area contributed by atoms with Crippen molar-refractivity contribution in [1.82, 2.24) is 0 Å². The molecular weight excluding hydrogens is 234 g/mol. The van der Waals surface area contributed by atoms with Gasteiger partial charge in [-0.15, -0.1) is 11.3 Å². The van der Waals surface area contributed by atoms with Crippen LogP contribution in [0.15, 0.2) is 9.85 Å². The highest BCUT2D eigenvalue weighted by Gasteiger charge is 2.03. The summed E-state index contributed by atoms with van der Waals surface area (Å²) in [6.07, 6.45) is 3.73. The van der Waals surface area contributed by atoms with Gasteiger partial charge in [-0.3, -0.25) is 0 Å². The molecule has 0 saturated carbocycles. The number of hydrogen-bond acceptors (Lipinski definition) is 2. The molecule has 0 spiro atoms. The lowest BCUT2D eigenvalue weighted by Gasteiger charge is -1.91. The number of nitrogens with two attached hydrogens (primary N) is 1. The summed E-state index contributed by atoms with van der Waals surface area (Å²) in [6.45, 7) is 2.86. The molecule has 0 fully saturated rings. The molecule has 0 aliphatic heterocycles. The van der Waals surface area contributed by atoms with Gasteiger partial charge in [0.05, 0.1) is 3.79 Å². The Kier molecular flexibility index (Phi) is 4.26. The van der Waals surface area contributed by atoms with E-state index in [-0.39, 0.29) is 0 Å². The van der Waals surface area contributed by atoms with Crippen LogP contribution in [0.1, 0.15) is 30.2 Å². The van der Waals surface area contributed by atoms with Crippen LogP contribution >= 0.6 is 27.3 Å². The van der Waals surface area contributed by atoms with Crippen LogP contribution in [-0.2, 0) is 13.0 Å². The first-order valence-corrected chi connectivity index (χ1v) is 5.86. The minimum atomic E-state index is 0.642. The summed E-state index contributed by atoms with van der Waals surface area (Å²) in [6, 6.07) is 2.21. The van der Waals surface area contributed by atoms with Crippen LogP contribution < -0.4 is 5.73 Å². The highest BCUT2D eigenvalue weighted by atomic mass is 79.9. The molecule has 3 heteroatoms. The number of unbranched alkanes of at least 4 members (excludes halogenated alkanes) is 1. The monoisotopic (exact) mass is 247 g/mol. The third kappa shape index (κ3) is 2.57. The van der Waals surface area contributed by atoms with E-state index in [4.69, 9.17) is 5.73 Å². The molecule has 1 aromatic rings. The van der Waals surface area contributed by atoms with Crippen molar-refractivity contribution >= 4 is 27.3 Å². The van der Waals surface area contributed by atoms with Gasteiger partial charge in [-0.2, -0.15) is 0 Å². The van der Waals surface area contributed by atoms with Crippen LogP contribution in [0.5, 0.6) is 0 Å². The van der Waals surface area contributed by atoms with Gasteiger partial charge >= 0.3 is 0 Å². The lowest BCUT2D eigenvalue weighted by atomic mass is 10.2. The average Bonchev–Trinajstić information content (AvgIpc) is 2.43. The fraction of sp³-hybridized carbons (Fsp3) is 0.556. The zero-order chi connectivity index (χ0) is 8.97. The highest BCUT2D eigenvalue weighted by molar-refractivity contribution is 9.11. The van der Waals surface area contributed by atoms with Crippen LogP contribution in [0.4, 0.5) is 0 Å². The summed E-state index contributed by atoms with van der Waals surface area (Å²) < 4.78 is 1.20. The lowest BCUT2D eigenvalue weighted by Crippen LogP contribution is -1.93. The van der Waals surface area contributed by atoms with Crippen molar-refractivity contribution in [2.75, 3.05) is 0 Å². The third-order valence-corrected chi connectivity index (χ3v) is 3.83. The van der Waals surface area contributed by atoms with Gasteiger partial charge in [0.25, 0.3) is 0 Å².